The van der Waals surface area contributed by atoms with Crippen LogP contribution in [0.4, 0.5) is 10.5 Å². The van der Waals surface area contributed by atoms with Gasteiger partial charge in [0.25, 0.3) is 0 Å². The third kappa shape index (κ3) is 2.89. The lowest BCUT2D eigenvalue weighted by Crippen LogP contribution is -2.38. The standard InChI is InChI=1S/C15H21N3O/c19-15(16-13-6-2-1-3-7-13)18-11-8-14(12-18)17-9-4-5-10-17/h1-3,6-7,14H,4-5,8-12H2,(H,16,19)/t14-/m0/s1. The molecule has 2 heterocycles. The summed E-state index contributed by atoms with van der Waals surface area (Å²) in [5, 5.41) is 2.96. The molecule has 2 amide bonds. The summed E-state index contributed by atoms with van der Waals surface area (Å²) in [7, 11) is 0. The largest absolute Gasteiger partial charge is 0.323 e. The van der Waals surface area contributed by atoms with Crippen molar-refractivity contribution >= 4 is 11.7 Å². The van der Waals surface area contributed by atoms with Gasteiger partial charge in [0.05, 0.1) is 0 Å². The van der Waals surface area contributed by atoms with E-state index >= 15 is 0 Å². The van der Waals surface area contributed by atoms with Crippen LogP contribution in [0.5, 0.6) is 0 Å². The average molecular weight is 259 g/mol. The zero-order chi connectivity index (χ0) is 13.1. The molecule has 0 spiro atoms. The minimum atomic E-state index is 0.0351. The van der Waals surface area contributed by atoms with E-state index in [1.54, 1.807) is 0 Å². The van der Waals surface area contributed by atoms with Crippen molar-refractivity contribution in [3.63, 3.8) is 0 Å². The number of hydrogen-bond donors (Lipinski definition) is 1. The van der Waals surface area contributed by atoms with E-state index in [-0.39, 0.29) is 6.03 Å². The van der Waals surface area contributed by atoms with Crippen LogP contribution in [0.25, 0.3) is 0 Å². The molecule has 0 radical (unpaired) electrons. The second kappa shape index (κ2) is 5.61. The van der Waals surface area contributed by atoms with Gasteiger partial charge in [0, 0.05) is 24.8 Å². The Morgan fingerprint density at radius 3 is 2.58 bits per heavy atom. The molecule has 4 nitrogen and oxygen atoms in total. The number of para-hydroxylation sites is 1. The molecule has 3 rings (SSSR count). The Kier molecular flexibility index (Phi) is 3.69. The number of rotatable bonds is 2. The average Bonchev–Trinajstić information content (AvgIpc) is 3.11. The van der Waals surface area contributed by atoms with Gasteiger partial charge in [-0.2, -0.15) is 0 Å². The second-order valence-corrected chi connectivity index (χ2v) is 5.43. The molecular formula is C15H21N3O. The zero-order valence-corrected chi connectivity index (χ0v) is 11.2. The Balaban J connectivity index is 1.54. The third-order valence-electron chi connectivity index (χ3n) is 4.13. The summed E-state index contributed by atoms with van der Waals surface area (Å²) in [5.41, 5.74) is 0.872. The van der Waals surface area contributed by atoms with E-state index in [2.05, 4.69) is 10.2 Å². The minimum Gasteiger partial charge on any atom is -0.323 e. The first-order chi connectivity index (χ1) is 9.33. The molecule has 0 bridgehead atoms. The van der Waals surface area contributed by atoms with Crippen LogP contribution < -0.4 is 5.32 Å². The number of urea groups is 1. The van der Waals surface area contributed by atoms with Crippen molar-refractivity contribution in [3.8, 4) is 0 Å². The molecule has 19 heavy (non-hydrogen) atoms. The number of carbonyl (C=O) groups excluding carboxylic acids is 1. The summed E-state index contributed by atoms with van der Waals surface area (Å²) in [6, 6.07) is 10.3. The lowest BCUT2D eigenvalue weighted by Gasteiger charge is -2.23. The van der Waals surface area contributed by atoms with E-state index in [1.165, 1.54) is 25.9 Å². The number of anilines is 1. The van der Waals surface area contributed by atoms with E-state index in [4.69, 9.17) is 0 Å². The van der Waals surface area contributed by atoms with Crippen LogP contribution in [0.15, 0.2) is 30.3 Å². The molecule has 2 fully saturated rings. The second-order valence-electron chi connectivity index (χ2n) is 5.43. The molecule has 1 atom stereocenters. The quantitative estimate of drug-likeness (QED) is 0.885. The topological polar surface area (TPSA) is 35.6 Å². The number of carbonyl (C=O) groups is 1. The molecule has 0 aliphatic carbocycles. The van der Waals surface area contributed by atoms with Crippen LogP contribution >= 0.6 is 0 Å². The Morgan fingerprint density at radius 2 is 1.84 bits per heavy atom. The van der Waals surface area contributed by atoms with E-state index in [0.717, 1.165) is 25.2 Å². The molecule has 0 saturated carbocycles. The minimum absolute atomic E-state index is 0.0351. The molecule has 1 N–H and O–H groups in total. The van der Waals surface area contributed by atoms with Crippen molar-refractivity contribution in [1.29, 1.82) is 0 Å². The van der Waals surface area contributed by atoms with E-state index in [1.807, 2.05) is 35.2 Å². The first-order valence-electron chi connectivity index (χ1n) is 7.18. The highest BCUT2D eigenvalue weighted by Gasteiger charge is 2.31. The van der Waals surface area contributed by atoms with E-state index in [0.29, 0.717) is 6.04 Å². The predicted molar refractivity (Wildman–Crippen MR) is 76.2 cm³/mol. The maximum absolute atomic E-state index is 12.2. The first-order valence-corrected chi connectivity index (χ1v) is 7.18. The molecular weight excluding hydrogens is 238 g/mol. The van der Waals surface area contributed by atoms with Crippen molar-refractivity contribution in [1.82, 2.24) is 9.80 Å². The fraction of sp³-hybridized carbons (Fsp3) is 0.533. The van der Waals surface area contributed by atoms with Gasteiger partial charge in [0.1, 0.15) is 0 Å². The summed E-state index contributed by atoms with van der Waals surface area (Å²) >= 11 is 0. The highest BCUT2D eigenvalue weighted by molar-refractivity contribution is 5.89. The monoisotopic (exact) mass is 259 g/mol. The molecule has 1 aromatic carbocycles. The van der Waals surface area contributed by atoms with Gasteiger partial charge >= 0.3 is 6.03 Å². The highest BCUT2D eigenvalue weighted by Crippen LogP contribution is 2.21. The van der Waals surface area contributed by atoms with Crippen LogP contribution in [-0.4, -0.2) is 48.1 Å². The molecule has 2 saturated heterocycles. The van der Waals surface area contributed by atoms with Gasteiger partial charge in [0.2, 0.25) is 0 Å². The molecule has 0 aromatic heterocycles. The van der Waals surface area contributed by atoms with Gasteiger partial charge in [-0.05, 0) is 44.5 Å². The van der Waals surface area contributed by atoms with Crippen LogP contribution in [0.2, 0.25) is 0 Å². The number of likely N-dealkylation sites (tertiary alicyclic amines) is 2. The first kappa shape index (κ1) is 12.5. The van der Waals surface area contributed by atoms with Crippen molar-refractivity contribution < 1.29 is 4.79 Å². The molecule has 2 aliphatic heterocycles. The maximum Gasteiger partial charge on any atom is 0.321 e. The van der Waals surface area contributed by atoms with Crippen LogP contribution in [0.3, 0.4) is 0 Å². The Labute approximate surface area is 114 Å². The maximum atomic E-state index is 12.2. The number of nitrogens with zero attached hydrogens (tertiary/aromatic N) is 2. The lowest BCUT2D eigenvalue weighted by molar-refractivity contribution is 0.210. The normalized spacial score (nSPS) is 23.8. The molecule has 102 valence electrons. The van der Waals surface area contributed by atoms with Crippen molar-refractivity contribution in [2.24, 2.45) is 0 Å². The summed E-state index contributed by atoms with van der Waals surface area (Å²) in [6.45, 7) is 4.16. The lowest BCUT2D eigenvalue weighted by atomic mass is 10.2. The summed E-state index contributed by atoms with van der Waals surface area (Å²) in [6.07, 6.45) is 3.74. The predicted octanol–water partition coefficient (Wildman–Crippen LogP) is 2.39. The van der Waals surface area contributed by atoms with Gasteiger partial charge in [-0.15, -0.1) is 0 Å². The number of hydrogen-bond acceptors (Lipinski definition) is 2. The summed E-state index contributed by atoms with van der Waals surface area (Å²) in [5.74, 6) is 0. The third-order valence-corrected chi connectivity index (χ3v) is 4.13. The molecule has 4 heteroatoms. The van der Waals surface area contributed by atoms with E-state index in [9.17, 15) is 4.79 Å². The fourth-order valence-corrected chi connectivity index (χ4v) is 3.06. The van der Waals surface area contributed by atoms with Crippen molar-refractivity contribution in [2.75, 3.05) is 31.5 Å². The fourth-order valence-electron chi connectivity index (χ4n) is 3.06. The van der Waals surface area contributed by atoms with Crippen LogP contribution in [-0.2, 0) is 0 Å². The van der Waals surface area contributed by atoms with Crippen LogP contribution in [0, 0.1) is 0 Å². The number of amides is 2. The Morgan fingerprint density at radius 1 is 1.11 bits per heavy atom. The Hall–Kier alpha value is -1.55. The number of nitrogens with one attached hydrogen (secondary N) is 1. The van der Waals surface area contributed by atoms with Gasteiger partial charge in [-0.3, -0.25) is 4.90 Å². The van der Waals surface area contributed by atoms with Gasteiger partial charge in [-0.25, -0.2) is 4.79 Å². The van der Waals surface area contributed by atoms with Crippen molar-refractivity contribution in [3.05, 3.63) is 30.3 Å². The van der Waals surface area contributed by atoms with E-state index < -0.39 is 0 Å². The number of benzene rings is 1. The smallest absolute Gasteiger partial charge is 0.321 e. The van der Waals surface area contributed by atoms with Gasteiger partial charge < -0.3 is 10.2 Å². The van der Waals surface area contributed by atoms with Gasteiger partial charge in [-0.1, -0.05) is 18.2 Å². The zero-order valence-electron chi connectivity index (χ0n) is 11.2. The Bertz CT molecular complexity index is 428. The molecule has 1 aromatic rings. The van der Waals surface area contributed by atoms with Crippen molar-refractivity contribution in [2.45, 2.75) is 25.3 Å². The molecule has 2 aliphatic rings. The summed E-state index contributed by atoms with van der Waals surface area (Å²) in [4.78, 5) is 16.6. The van der Waals surface area contributed by atoms with Crippen LogP contribution in [0.1, 0.15) is 19.3 Å². The van der Waals surface area contributed by atoms with Gasteiger partial charge in [0.15, 0.2) is 0 Å². The summed E-state index contributed by atoms with van der Waals surface area (Å²) < 4.78 is 0. The highest BCUT2D eigenvalue weighted by atomic mass is 16.2. The SMILES string of the molecule is O=C(Nc1ccccc1)N1CC[C@H](N2CCCC2)C1. The molecule has 0 unspecified atom stereocenters.